The zero-order valence-corrected chi connectivity index (χ0v) is 17.2. The van der Waals surface area contributed by atoms with E-state index in [4.69, 9.17) is 0 Å². The maximum absolute atomic E-state index is 12.9. The largest absolute Gasteiger partial charge is 0.342 e. The molecule has 0 aromatic carbocycles. The van der Waals surface area contributed by atoms with Gasteiger partial charge in [0, 0.05) is 51.9 Å². The van der Waals surface area contributed by atoms with E-state index in [0.29, 0.717) is 17.7 Å². The molecule has 3 fully saturated rings. The molecule has 26 heavy (non-hydrogen) atoms. The van der Waals surface area contributed by atoms with Gasteiger partial charge < -0.3 is 14.7 Å². The number of piperazine rings is 1. The lowest BCUT2D eigenvalue weighted by Crippen LogP contribution is -2.54. The molecule has 0 N–H and O–H groups in total. The van der Waals surface area contributed by atoms with Crippen molar-refractivity contribution in [3.8, 4) is 0 Å². The van der Waals surface area contributed by atoms with Crippen molar-refractivity contribution in [1.29, 1.82) is 0 Å². The van der Waals surface area contributed by atoms with Crippen LogP contribution in [0.4, 0.5) is 0 Å². The average molecular weight is 383 g/mol. The number of thioether (sulfide) groups is 1. The van der Waals surface area contributed by atoms with Crippen molar-refractivity contribution >= 4 is 23.6 Å². The van der Waals surface area contributed by atoms with Gasteiger partial charge >= 0.3 is 0 Å². The minimum Gasteiger partial charge on any atom is -0.342 e. The minimum absolute atomic E-state index is 0.170. The SMILES string of the molecule is CSCC(=O)N1CCC(N2CCCC(C(=O)N3CCN(C)CC3)C2)CC1. The van der Waals surface area contributed by atoms with E-state index in [1.165, 1.54) is 0 Å². The Morgan fingerprint density at radius 2 is 1.62 bits per heavy atom. The number of amides is 2. The van der Waals surface area contributed by atoms with Gasteiger partial charge in [-0.1, -0.05) is 0 Å². The Morgan fingerprint density at radius 1 is 0.923 bits per heavy atom. The quantitative estimate of drug-likeness (QED) is 0.721. The van der Waals surface area contributed by atoms with Gasteiger partial charge in [0.1, 0.15) is 0 Å². The van der Waals surface area contributed by atoms with E-state index in [9.17, 15) is 9.59 Å². The Kier molecular flexibility index (Phi) is 7.23. The van der Waals surface area contributed by atoms with Crippen molar-refractivity contribution in [2.24, 2.45) is 5.92 Å². The maximum atomic E-state index is 12.9. The number of hydrogen-bond acceptors (Lipinski definition) is 5. The molecule has 0 radical (unpaired) electrons. The molecular formula is C19H34N4O2S. The van der Waals surface area contributed by atoms with Crippen LogP contribution in [0, 0.1) is 5.92 Å². The van der Waals surface area contributed by atoms with Gasteiger partial charge in [-0.15, -0.1) is 0 Å². The van der Waals surface area contributed by atoms with Crippen LogP contribution in [0.15, 0.2) is 0 Å². The molecule has 0 aliphatic carbocycles. The fourth-order valence-electron chi connectivity index (χ4n) is 4.52. The van der Waals surface area contributed by atoms with Gasteiger partial charge in [-0.25, -0.2) is 0 Å². The van der Waals surface area contributed by atoms with Gasteiger partial charge in [0.05, 0.1) is 11.7 Å². The summed E-state index contributed by atoms with van der Waals surface area (Å²) in [6.07, 6.45) is 6.24. The van der Waals surface area contributed by atoms with Crippen LogP contribution in [0.3, 0.4) is 0 Å². The minimum atomic E-state index is 0.170. The first kappa shape index (κ1) is 20.0. The third kappa shape index (κ3) is 4.93. The van der Waals surface area contributed by atoms with Crippen molar-refractivity contribution in [2.45, 2.75) is 31.7 Å². The highest BCUT2D eigenvalue weighted by Crippen LogP contribution is 2.25. The second-order valence-corrected chi connectivity index (χ2v) is 8.87. The molecule has 3 heterocycles. The van der Waals surface area contributed by atoms with E-state index in [0.717, 1.165) is 78.0 Å². The highest BCUT2D eigenvalue weighted by Gasteiger charge is 2.34. The topological polar surface area (TPSA) is 47.1 Å². The molecule has 1 atom stereocenters. The van der Waals surface area contributed by atoms with Crippen LogP contribution in [0.2, 0.25) is 0 Å². The summed E-state index contributed by atoms with van der Waals surface area (Å²) in [6, 6.07) is 0.538. The van der Waals surface area contributed by atoms with Crippen molar-refractivity contribution in [3.05, 3.63) is 0 Å². The average Bonchev–Trinajstić information content (AvgIpc) is 2.68. The summed E-state index contributed by atoms with van der Waals surface area (Å²) < 4.78 is 0. The van der Waals surface area contributed by atoms with Crippen LogP contribution >= 0.6 is 11.8 Å². The Labute approximate surface area is 162 Å². The molecule has 0 spiro atoms. The number of carbonyl (C=O) groups excluding carboxylic acids is 2. The number of rotatable bonds is 4. The van der Waals surface area contributed by atoms with Crippen LogP contribution in [-0.4, -0.2) is 109 Å². The molecule has 7 heteroatoms. The highest BCUT2D eigenvalue weighted by molar-refractivity contribution is 7.99. The summed E-state index contributed by atoms with van der Waals surface area (Å²) in [5.41, 5.74) is 0. The van der Waals surface area contributed by atoms with Crippen LogP contribution in [0.5, 0.6) is 0 Å². The molecular weight excluding hydrogens is 348 g/mol. The summed E-state index contributed by atoms with van der Waals surface area (Å²) in [6.45, 7) is 7.50. The van der Waals surface area contributed by atoms with E-state index in [2.05, 4.69) is 21.7 Å². The first-order chi connectivity index (χ1) is 12.6. The van der Waals surface area contributed by atoms with Gasteiger partial charge in [-0.05, 0) is 45.5 Å². The molecule has 3 aliphatic rings. The van der Waals surface area contributed by atoms with E-state index in [1.54, 1.807) is 11.8 Å². The second-order valence-electron chi connectivity index (χ2n) is 8.01. The number of likely N-dealkylation sites (tertiary alicyclic amines) is 2. The van der Waals surface area contributed by atoms with Crippen LogP contribution in [0.25, 0.3) is 0 Å². The predicted octanol–water partition coefficient (Wildman–Crippen LogP) is 0.826. The number of piperidine rings is 2. The Bertz CT molecular complexity index is 488. The summed E-state index contributed by atoms with van der Waals surface area (Å²) in [5, 5.41) is 0. The smallest absolute Gasteiger partial charge is 0.232 e. The zero-order chi connectivity index (χ0) is 18.5. The van der Waals surface area contributed by atoms with E-state index in [-0.39, 0.29) is 11.8 Å². The summed E-state index contributed by atoms with van der Waals surface area (Å²) in [7, 11) is 2.13. The normalized spacial score (nSPS) is 26.9. The third-order valence-corrected chi connectivity index (χ3v) is 6.75. The molecule has 3 saturated heterocycles. The molecule has 0 aromatic heterocycles. The van der Waals surface area contributed by atoms with Crippen molar-refractivity contribution in [2.75, 3.05) is 71.4 Å². The maximum Gasteiger partial charge on any atom is 0.232 e. The summed E-state index contributed by atoms with van der Waals surface area (Å²) in [5.74, 6) is 1.41. The van der Waals surface area contributed by atoms with Gasteiger partial charge in [0.15, 0.2) is 0 Å². The predicted molar refractivity (Wildman–Crippen MR) is 106 cm³/mol. The molecule has 3 aliphatic heterocycles. The highest BCUT2D eigenvalue weighted by atomic mass is 32.2. The number of nitrogens with zero attached hydrogens (tertiary/aromatic N) is 4. The van der Waals surface area contributed by atoms with E-state index >= 15 is 0 Å². The fourth-order valence-corrected chi connectivity index (χ4v) is 4.95. The Balaban J connectivity index is 1.48. The van der Waals surface area contributed by atoms with Gasteiger partial charge in [-0.2, -0.15) is 11.8 Å². The van der Waals surface area contributed by atoms with Crippen LogP contribution in [0.1, 0.15) is 25.7 Å². The van der Waals surface area contributed by atoms with Crippen molar-refractivity contribution in [1.82, 2.24) is 19.6 Å². The van der Waals surface area contributed by atoms with Gasteiger partial charge in [0.2, 0.25) is 11.8 Å². The molecule has 0 saturated carbocycles. The van der Waals surface area contributed by atoms with Crippen molar-refractivity contribution in [3.63, 3.8) is 0 Å². The van der Waals surface area contributed by atoms with Gasteiger partial charge in [-0.3, -0.25) is 14.5 Å². The molecule has 148 valence electrons. The molecule has 3 rings (SSSR count). The van der Waals surface area contributed by atoms with Gasteiger partial charge in [0.25, 0.3) is 0 Å². The molecule has 0 bridgehead atoms. The van der Waals surface area contributed by atoms with E-state index < -0.39 is 0 Å². The monoisotopic (exact) mass is 382 g/mol. The molecule has 6 nitrogen and oxygen atoms in total. The summed E-state index contributed by atoms with van der Waals surface area (Å²) >= 11 is 1.60. The molecule has 0 aromatic rings. The Morgan fingerprint density at radius 3 is 2.27 bits per heavy atom. The number of hydrogen-bond donors (Lipinski definition) is 0. The Hall–Kier alpha value is -0.790. The first-order valence-corrected chi connectivity index (χ1v) is 11.5. The fraction of sp³-hybridized carbons (Fsp3) is 0.895. The second kappa shape index (κ2) is 9.42. The number of likely N-dealkylation sites (N-methyl/N-ethyl adjacent to an activating group) is 1. The molecule has 1 unspecified atom stereocenters. The lowest BCUT2D eigenvalue weighted by molar-refractivity contribution is -0.139. The van der Waals surface area contributed by atoms with E-state index in [1.807, 2.05) is 11.2 Å². The van der Waals surface area contributed by atoms with Crippen LogP contribution in [-0.2, 0) is 9.59 Å². The summed E-state index contributed by atoms with van der Waals surface area (Å²) in [4.78, 5) is 33.9. The van der Waals surface area contributed by atoms with Crippen LogP contribution < -0.4 is 0 Å². The zero-order valence-electron chi connectivity index (χ0n) is 16.4. The first-order valence-electron chi connectivity index (χ1n) is 10.1. The lowest BCUT2D eigenvalue weighted by atomic mass is 9.92. The number of carbonyl (C=O) groups is 2. The van der Waals surface area contributed by atoms with Crippen molar-refractivity contribution < 1.29 is 9.59 Å². The molecule has 2 amide bonds. The third-order valence-electron chi connectivity index (χ3n) is 6.22. The lowest BCUT2D eigenvalue weighted by Gasteiger charge is -2.43. The standard InChI is InChI=1S/C19H34N4O2S/c1-20-10-12-22(13-11-20)19(25)16-4-3-7-23(14-16)17-5-8-21(9-6-17)18(24)15-26-2/h16-17H,3-15H2,1-2H3.